The maximum atomic E-state index is 5.55. The van der Waals surface area contributed by atoms with Crippen LogP contribution in [0.1, 0.15) is 26.7 Å². The Balaban J connectivity index is 0.000000223. The van der Waals surface area contributed by atoms with Gasteiger partial charge in [0.1, 0.15) is 11.0 Å². The Hall–Kier alpha value is -2.54. The van der Waals surface area contributed by atoms with E-state index < -0.39 is 0 Å². The second-order valence-corrected chi connectivity index (χ2v) is 5.23. The van der Waals surface area contributed by atoms with Crippen LogP contribution in [-0.2, 0) is 0 Å². The van der Waals surface area contributed by atoms with Gasteiger partial charge in [-0.2, -0.15) is 0 Å². The molecular weight excluding hydrogens is 280 g/mol. The summed E-state index contributed by atoms with van der Waals surface area (Å²) in [7, 11) is 0. The summed E-state index contributed by atoms with van der Waals surface area (Å²) in [5.74, 6) is 0. The molecule has 0 fully saturated rings. The number of fused-ring (bicyclic) bond motifs is 1. The third-order valence-corrected chi connectivity index (χ3v) is 3.22. The number of allylic oxidation sites excluding steroid dienone is 6. The molecule has 0 saturated carbocycles. The molecule has 1 aliphatic carbocycles. The van der Waals surface area contributed by atoms with Gasteiger partial charge in [-0.25, -0.2) is 0 Å². The largest absolute Gasteiger partial charge is 0.456 e. The van der Waals surface area contributed by atoms with Crippen LogP contribution >= 0.6 is 0 Å². The molecule has 1 aromatic heterocycles. The standard InChI is InChI=1S/C12H10O.C7H10.C3H6/c1-3-6-11-9(2)10-7-4-5-8-12(10)13-11;1-7-5-3-2-4-6-7;1-3-2/h3-8H,1-2H2;2-3,5H,4,6H2,1H3;3H,1H2,2H3/b11-6+;;. The summed E-state index contributed by atoms with van der Waals surface area (Å²) in [6.07, 6.45) is 14.3. The van der Waals surface area contributed by atoms with Gasteiger partial charge in [0.15, 0.2) is 0 Å². The van der Waals surface area contributed by atoms with Crippen molar-refractivity contribution in [3.05, 3.63) is 84.0 Å². The molecule has 23 heavy (non-hydrogen) atoms. The van der Waals surface area contributed by atoms with E-state index in [0.29, 0.717) is 0 Å². The van der Waals surface area contributed by atoms with Crippen LogP contribution in [-0.4, -0.2) is 0 Å². The van der Waals surface area contributed by atoms with Crippen LogP contribution in [0.2, 0.25) is 0 Å². The monoisotopic (exact) mass is 306 g/mol. The lowest BCUT2D eigenvalue weighted by molar-refractivity contribution is 0.576. The van der Waals surface area contributed by atoms with Crippen LogP contribution in [0.15, 0.2) is 77.8 Å². The second-order valence-electron chi connectivity index (χ2n) is 5.23. The summed E-state index contributed by atoms with van der Waals surface area (Å²) < 4.78 is 5.55. The quantitative estimate of drug-likeness (QED) is 0.653. The first kappa shape index (κ1) is 18.5. The van der Waals surface area contributed by atoms with E-state index in [4.69, 9.17) is 4.42 Å². The minimum absolute atomic E-state index is 0.788. The van der Waals surface area contributed by atoms with Crippen LogP contribution in [0.3, 0.4) is 0 Å². The second kappa shape index (κ2) is 10.2. The minimum Gasteiger partial charge on any atom is -0.456 e. The van der Waals surface area contributed by atoms with Gasteiger partial charge in [-0.3, -0.25) is 0 Å². The molecule has 0 spiro atoms. The van der Waals surface area contributed by atoms with Gasteiger partial charge in [0.05, 0.1) is 0 Å². The predicted molar refractivity (Wildman–Crippen MR) is 104 cm³/mol. The van der Waals surface area contributed by atoms with Crippen molar-refractivity contribution in [2.75, 3.05) is 0 Å². The van der Waals surface area contributed by atoms with E-state index in [-0.39, 0.29) is 0 Å². The summed E-state index contributed by atoms with van der Waals surface area (Å²) in [5.41, 5.74) is 3.17. The highest BCUT2D eigenvalue weighted by atomic mass is 16.3. The normalized spacial score (nSPS) is 13.3. The molecule has 3 rings (SSSR count). The number of para-hydroxylation sites is 1. The number of rotatable bonds is 1. The zero-order chi connectivity index (χ0) is 17.1. The Kier molecular flexibility index (Phi) is 8.23. The zero-order valence-electron chi connectivity index (χ0n) is 14.2. The predicted octanol–water partition coefficient (Wildman–Crippen LogP) is 5.28. The first-order valence-corrected chi connectivity index (χ1v) is 7.82. The molecule has 0 aliphatic heterocycles. The van der Waals surface area contributed by atoms with Crippen molar-refractivity contribution in [2.45, 2.75) is 26.7 Å². The van der Waals surface area contributed by atoms with Crippen LogP contribution in [0.25, 0.3) is 23.6 Å². The SMILES string of the molecule is C=C/C=c1/oc2ccccc2c1=C.C=CC.CC1=CC=CCC1. The van der Waals surface area contributed by atoms with Gasteiger partial charge in [0, 0.05) is 10.6 Å². The molecule has 0 saturated heterocycles. The summed E-state index contributed by atoms with van der Waals surface area (Å²) in [6, 6.07) is 7.86. The number of benzene rings is 1. The van der Waals surface area contributed by atoms with Gasteiger partial charge >= 0.3 is 0 Å². The van der Waals surface area contributed by atoms with E-state index >= 15 is 0 Å². The van der Waals surface area contributed by atoms with Crippen molar-refractivity contribution in [3.63, 3.8) is 0 Å². The topological polar surface area (TPSA) is 13.1 Å². The number of hydrogen-bond donors (Lipinski definition) is 0. The number of furan rings is 1. The average molecular weight is 306 g/mol. The minimum atomic E-state index is 0.788. The number of hydrogen-bond acceptors (Lipinski definition) is 1. The Bertz CT molecular complexity index is 800. The fourth-order valence-electron chi connectivity index (χ4n) is 2.08. The first-order chi connectivity index (χ1) is 11.1. The average Bonchev–Trinajstić information content (AvgIpc) is 2.87. The van der Waals surface area contributed by atoms with Crippen LogP contribution < -0.4 is 10.6 Å². The Morgan fingerprint density at radius 2 is 1.87 bits per heavy atom. The van der Waals surface area contributed by atoms with Crippen molar-refractivity contribution < 1.29 is 4.42 Å². The van der Waals surface area contributed by atoms with Crippen molar-refractivity contribution in [1.82, 2.24) is 0 Å². The fourth-order valence-corrected chi connectivity index (χ4v) is 2.08. The van der Waals surface area contributed by atoms with E-state index in [2.05, 4.69) is 44.9 Å². The molecule has 1 nitrogen and oxygen atoms in total. The first-order valence-electron chi connectivity index (χ1n) is 7.82. The molecule has 0 unspecified atom stereocenters. The molecule has 0 N–H and O–H groups in total. The zero-order valence-corrected chi connectivity index (χ0v) is 14.2. The third-order valence-electron chi connectivity index (χ3n) is 3.22. The molecule has 1 aliphatic rings. The summed E-state index contributed by atoms with van der Waals surface area (Å²) in [6.45, 7) is 15.0. The Morgan fingerprint density at radius 3 is 2.35 bits per heavy atom. The van der Waals surface area contributed by atoms with E-state index in [9.17, 15) is 0 Å². The van der Waals surface area contributed by atoms with Crippen molar-refractivity contribution in [1.29, 1.82) is 0 Å². The molecule has 120 valence electrons. The highest BCUT2D eigenvalue weighted by molar-refractivity contribution is 5.78. The summed E-state index contributed by atoms with van der Waals surface area (Å²) in [4.78, 5) is 0. The van der Waals surface area contributed by atoms with E-state index in [1.807, 2.05) is 37.3 Å². The van der Waals surface area contributed by atoms with E-state index in [1.165, 1.54) is 18.4 Å². The van der Waals surface area contributed by atoms with E-state index in [0.717, 1.165) is 21.6 Å². The van der Waals surface area contributed by atoms with Gasteiger partial charge in [0.2, 0.25) is 0 Å². The molecule has 2 aromatic rings. The van der Waals surface area contributed by atoms with Gasteiger partial charge in [-0.05, 0) is 38.8 Å². The Morgan fingerprint density at radius 1 is 1.17 bits per heavy atom. The van der Waals surface area contributed by atoms with Crippen LogP contribution in [0.4, 0.5) is 0 Å². The van der Waals surface area contributed by atoms with Gasteiger partial charge in [-0.1, -0.05) is 67.3 Å². The highest BCUT2D eigenvalue weighted by Crippen LogP contribution is 2.09. The lowest BCUT2D eigenvalue weighted by Gasteiger charge is -1.98. The van der Waals surface area contributed by atoms with Gasteiger partial charge in [0.25, 0.3) is 0 Å². The molecule has 1 heterocycles. The van der Waals surface area contributed by atoms with Crippen LogP contribution in [0.5, 0.6) is 0 Å². The van der Waals surface area contributed by atoms with Gasteiger partial charge in [-0.15, -0.1) is 6.58 Å². The van der Waals surface area contributed by atoms with Crippen LogP contribution in [0, 0.1) is 0 Å². The molecule has 1 heteroatoms. The molecule has 1 aromatic carbocycles. The molecule has 0 bridgehead atoms. The maximum absolute atomic E-state index is 5.55. The maximum Gasteiger partial charge on any atom is 0.135 e. The highest BCUT2D eigenvalue weighted by Gasteiger charge is 1.97. The lowest BCUT2D eigenvalue weighted by Crippen LogP contribution is -2.17. The van der Waals surface area contributed by atoms with Crippen molar-refractivity contribution in [3.8, 4) is 0 Å². The van der Waals surface area contributed by atoms with Crippen molar-refractivity contribution in [2.24, 2.45) is 0 Å². The molecule has 0 amide bonds. The molecular formula is C22H26O. The van der Waals surface area contributed by atoms with Crippen molar-refractivity contribution >= 4 is 23.6 Å². The summed E-state index contributed by atoms with van der Waals surface area (Å²) in [5, 5.41) is 1.99. The lowest BCUT2D eigenvalue weighted by atomic mass is 10.1. The molecule has 0 atom stereocenters. The fraction of sp³-hybridized carbons (Fsp3) is 0.182. The molecule has 0 radical (unpaired) electrons. The Labute approximate surface area is 139 Å². The smallest absolute Gasteiger partial charge is 0.135 e. The summed E-state index contributed by atoms with van der Waals surface area (Å²) >= 11 is 0. The van der Waals surface area contributed by atoms with E-state index in [1.54, 1.807) is 12.2 Å². The van der Waals surface area contributed by atoms with Gasteiger partial charge < -0.3 is 4.42 Å². The third kappa shape index (κ3) is 5.99.